The first kappa shape index (κ1) is 14.9. The molecule has 4 nitrogen and oxygen atoms in total. The first-order valence-corrected chi connectivity index (χ1v) is 7.22. The molecule has 0 bridgehead atoms. The highest BCUT2D eigenvalue weighted by molar-refractivity contribution is 7.99. The van der Waals surface area contributed by atoms with Gasteiger partial charge in [-0.25, -0.2) is 0 Å². The molecule has 0 spiro atoms. The van der Waals surface area contributed by atoms with Gasteiger partial charge in [-0.15, -0.1) is 0 Å². The molecule has 0 saturated carbocycles. The summed E-state index contributed by atoms with van der Waals surface area (Å²) in [7, 11) is 0. The molecular weight excluding hydrogens is 272 g/mol. The van der Waals surface area contributed by atoms with Gasteiger partial charge in [0.1, 0.15) is 0 Å². The van der Waals surface area contributed by atoms with Crippen LogP contribution in [-0.2, 0) is 4.79 Å². The lowest BCUT2D eigenvalue weighted by molar-refractivity contribution is -0.113. The highest BCUT2D eigenvalue weighted by Gasteiger charge is 2.11. The van der Waals surface area contributed by atoms with Crippen molar-refractivity contribution in [1.82, 2.24) is 5.32 Å². The molecule has 2 N–H and O–H groups in total. The van der Waals surface area contributed by atoms with E-state index in [0.29, 0.717) is 28.6 Å². The number of benzene rings is 1. The van der Waals surface area contributed by atoms with Crippen molar-refractivity contribution >= 4 is 40.9 Å². The quantitative estimate of drug-likeness (QED) is 0.874. The summed E-state index contributed by atoms with van der Waals surface area (Å²) >= 11 is 7.38. The minimum absolute atomic E-state index is 0.105. The standard InChI is InChI=1S/C12H15ClN2O2S/c1-3-14-12(17)9-6-8(4-5-10(9)13)15-11(16)7-18-2/h4-6H,3,7H2,1-2H3,(H,14,17)(H,15,16). The molecule has 0 aliphatic rings. The predicted molar refractivity (Wildman–Crippen MR) is 76.5 cm³/mol. The van der Waals surface area contributed by atoms with Gasteiger partial charge in [-0.1, -0.05) is 11.6 Å². The van der Waals surface area contributed by atoms with Gasteiger partial charge in [0.15, 0.2) is 0 Å². The summed E-state index contributed by atoms with van der Waals surface area (Å²) in [6, 6.07) is 4.84. The molecule has 6 heteroatoms. The zero-order valence-corrected chi connectivity index (χ0v) is 11.8. The van der Waals surface area contributed by atoms with Crippen molar-refractivity contribution in [3.63, 3.8) is 0 Å². The monoisotopic (exact) mass is 286 g/mol. The number of nitrogens with one attached hydrogen (secondary N) is 2. The molecule has 1 rings (SSSR count). The van der Waals surface area contributed by atoms with E-state index < -0.39 is 0 Å². The van der Waals surface area contributed by atoms with Gasteiger partial charge in [-0.2, -0.15) is 11.8 Å². The normalized spacial score (nSPS) is 9.94. The summed E-state index contributed by atoms with van der Waals surface area (Å²) in [4.78, 5) is 23.2. The maximum atomic E-state index is 11.7. The van der Waals surface area contributed by atoms with E-state index in [1.165, 1.54) is 11.8 Å². The second-order valence-corrected chi connectivity index (χ2v) is 4.81. The Balaban J connectivity index is 2.86. The molecule has 0 radical (unpaired) electrons. The molecule has 0 aliphatic heterocycles. The van der Waals surface area contributed by atoms with Crippen LogP contribution in [0.15, 0.2) is 18.2 Å². The molecule has 0 unspecified atom stereocenters. The maximum absolute atomic E-state index is 11.7. The lowest BCUT2D eigenvalue weighted by atomic mass is 10.2. The maximum Gasteiger partial charge on any atom is 0.252 e. The number of hydrogen-bond donors (Lipinski definition) is 2. The van der Waals surface area contributed by atoms with Crippen molar-refractivity contribution in [2.75, 3.05) is 23.9 Å². The van der Waals surface area contributed by atoms with E-state index >= 15 is 0 Å². The lowest BCUT2D eigenvalue weighted by Crippen LogP contribution is -2.23. The number of thioether (sulfide) groups is 1. The van der Waals surface area contributed by atoms with Crippen LogP contribution in [-0.4, -0.2) is 30.4 Å². The van der Waals surface area contributed by atoms with Crippen molar-refractivity contribution in [2.45, 2.75) is 6.92 Å². The third kappa shape index (κ3) is 4.23. The topological polar surface area (TPSA) is 58.2 Å². The minimum Gasteiger partial charge on any atom is -0.352 e. The number of rotatable bonds is 5. The molecule has 1 aromatic rings. The number of carbonyl (C=O) groups is 2. The van der Waals surface area contributed by atoms with E-state index in [0.717, 1.165) is 0 Å². The Morgan fingerprint density at radius 2 is 2.11 bits per heavy atom. The van der Waals surface area contributed by atoms with Crippen LogP contribution < -0.4 is 10.6 Å². The van der Waals surface area contributed by atoms with Gasteiger partial charge in [-0.3, -0.25) is 9.59 Å². The summed E-state index contributed by atoms with van der Waals surface area (Å²) in [5, 5.41) is 5.74. The van der Waals surface area contributed by atoms with Crippen LogP contribution in [0.2, 0.25) is 5.02 Å². The fourth-order valence-corrected chi connectivity index (χ4v) is 1.90. The van der Waals surface area contributed by atoms with Crippen LogP contribution in [0.5, 0.6) is 0 Å². The molecular formula is C12H15ClN2O2S. The van der Waals surface area contributed by atoms with Gasteiger partial charge < -0.3 is 10.6 Å². The number of halogens is 1. The molecule has 98 valence electrons. The van der Waals surface area contributed by atoms with Gasteiger partial charge in [-0.05, 0) is 31.4 Å². The number of carbonyl (C=O) groups excluding carboxylic acids is 2. The molecule has 0 atom stereocenters. The van der Waals surface area contributed by atoms with Crippen molar-refractivity contribution in [3.8, 4) is 0 Å². The molecule has 0 aromatic heterocycles. The summed E-state index contributed by atoms with van der Waals surface area (Å²) in [5.74, 6) is 0.0224. The van der Waals surface area contributed by atoms with E-state index in [2.05, 4.69) is 10.6 Å². The molecule has 0 fully saturated rings. The smallest absolute Gasteiger partial charge is 0.252 e. The zero-order chi connectivity index (χ0) is 13.5. The van der Waals surface area contributed by atoms with E-state index in [-0.39, 0.29) is 11.8 Å². The second kappa shape index (κ2) is 7.28. The van der Waals surface area contributed by atoms with Crippen molar-refractivity contribution in [3.05, 3.63) is 28.8 Å². The molecule has 2 amide bonds. The van der Waals surface area contributed by atoms with E-state index in [9.17, 15) is 9.59 Å². The molecule has 0 aliphatic carbocycles. The Bertz CT molecular complexity index is 452. The molecule has 18 heavy (non-hydrogen) atoms. The van der Waals surface area contributed by atoms with E-state index in [1.807, 2.05) is 13.2 Å². The van der Waals surface area contributed by atoms with Crippen molar-refractivity contribution in [1.29, 1.82) is 0 Å². The fourth-order valence-electron chi connectivity index (χ4n) is 1.36. The van der Waals surface area contributed by atoms with E-state index in [4.69, 9.17) is 11.6 Å². The number of anilines is 1. The Hall–Kier alpha value is -1.20. The van der Waals surface area contributed by atoms with Gasteiger partial charge >= 0.3 is 0 Å². The zero-order valence-electron chi connectivity index (χ0n) is 10.2. The van der Waals surface area contributed by atoms with Crippen LogP contribution in [0.4, 0.5) is 5.69 Å². The summed E-state index contributed by atoms with van der Waals surface area (Å²) in [5.41, 5.74) is 0.931. The highest BCUT2D eigenvalue weighted by atomic mass is 35.5. The number of amides is 2. The second-order valence-electron chi connectivity index (χ2n) is 3.54. The Morgan fingerprint density at radius 3 is 2.72 bits per heavy atom. The fraction of sp³-hybridized carbons (Fsp3) is 0.333. The molecule has 0 heterocycles. The van der Waals surface area contributed by atoms with Gasteiger partial charge in [0, 0.05) is 12.2 Å². The van der Waals surface area contributed by atoms with Crippen LogP contribution in [0.25, 0.3) is 0 Å². The lowest BCUT2D eigenvalue weighted by Gasteiger charge is -2.08. The number of hydrogen-bond acceptors (Lipinski definition) is 3. The van der Waals surface area contributed by atoms with Crippen LogP contribution in [0.3, 0.4) is 0 Å². The average Bonchev–Trinajstić information content (AvgIpc) is 2.32. The third-order valence-corrected chi connectivity index (χ3v) is 2.99. The van der Waals surface area contributed by atoms with Gasteiger partial charge in [0.25, 0.3) is 5.91 Å². The van der Waals surface area contributed by atoms with Crippen LogP contribution in [0.1, 0.15) is 17.3 Å². The van der Waals surface area contributed by atoms with E-state index in [1.54, 1.807) is 18.2 Å². The first-order valence-electron chi connectivity index (χ1n) is 5.45. The SMILES string of the molecule is CCNC(=O)c1cc(NC(=O)CSC)ccc1Cl. The van der Waals surface area contributed by atoms with Crippen molar-refractivity contribution in [2.24, 2.45) is 0 Å². The Morgan fingerprint density at radius 1 is 1.39 bits per heavy atom. The highest BCUT2D eigenvalue weighted by Crippen LogP contribution is 2.20. The minimum atomic E-state index is -0.247. The van der Waals surface area contributed by atoms with Gasteiger partial charge in [0.2, 0.25) is 5.91 Å². The predicted octanol–water partition coefficient (Wildman–Crippen LogP) is 2.39. The average molecular weight is 287 g/mol. The first-order chi connectivity index (χ1) is 8.58. The largest absolute Gasteiger partial charge is 0.352 e. The summed E-state index contributed by atoms with van der Waals surface area (Å²) in [6.07, 6.45) is 1.85. The van der Waals surface area contributed by atoms with Crippen LogP contribution >= 0.6 is 23.4 Å². The van der Waals surface area contributed by atoms with Gasteiger partial charge in [0.05, 0.1) is 16.3 Å². The molecule has 0 saturated heterocycles. The Kier molecular flexibility index (Phi) is 6.01. The summed E-state index contributed by atoms with van der Waals surface area (Å²) < 4.78 is 0. The Labute approximate surface area is 115 Å². The third-order valence-electron chi connectivity index (χ3n) is 2.11. The molecule has 1 aromatic carbocycles. The van der Waals surface area contributed by atoms with Crippen molar-refractivity contribution < 1.29 is 9.59 Å². The summed E-state index contributed by atoms with van der Waals surface area (Å²) in [6.45, 7) is 2.36. The van der Waals surface area contributed by atoms with Crippen LogP contribution in [0, 0.1) is 0 Å².